The molecule has 9 heteroatoms. The van der Waals surface area contributed by atoms with Crippen LogP contribution in [0.5, 0.6) is 11.5 Å². The molecule has 3 rings (SSSR count). The minimum Gasteiger partial charge on any atom is -0.497 e. The Kier molecular flexibility index (Phi) is 7.50. The third-order valence-corrected chi connectivity index (χ3v) is 7.02. The van der Waals surface area contributed by atoms with Crippen LogP contribution < -0.4 is 19.1 Å². The summed E-state index contributed by atoms with van der Waals surface area (Å²) in [6.07, 6.45) is 0. The highest BCUT2D eigenvalue weighted by Crippen LogP contribution is 2.31. The number of rotatable bonds is 8. The van der Waals surface area contributed by atoms with E-state index in [0.717, 1.165) is 9.87 Å². The maximum absolute atomic E-state index is 13.5. The number of aryl methyl sites for hydroxylation is 2. The van der Waals surface area contributed by atoms with Gasteiger partial charge in [0.05, 0.1) is 30.5 Å². The number of anilines is 2. The van der Waals surface area contributed by atoms with Crippen molar-refractivity contribution < 1.29 is 22.7 Å². The second-order valence-electron chi connectivity index (χ2n) is 7.37. The summed E-state index contributed by atoms with van der Waals surface area (Å²) in [7, 11) is -1.05. The number of carbonyl (C=O) groups excluding carboxylic acids is 1. The molecule has 0 aliphatic carbocycles. The molecule has 7 nitrogen and oxygen atoms in total. The normalized spacial score (nSPS) is 11.1. The van der Waals surface area contributed by atoms with Crippen LogP contribution >= 0.6 is 11.6 Å². The number of sulfonamides is 1. The van der Waals surface area contributed by atoms with Gasteiger partial charge in [-0.3, -0.25) is 9.10 Å². The quantitative estimate of drug-likeness (QED) is 0.492. The molecular weight excluding hydrogens is 464 g/mol. The van der Waals surface area contributed by atoms with Gasteiger partial charge in [0.2, 0.25) is 5.91 Å². The molecule has 0 bridgehead atoms. The number of benzene rings is 3. The molecule has 0 aromatic heterocycles. The van der Waals surface area contributed by atoms with E-state index in [1.807, 2.05) is 6.92 Å². The number of halogens is 1. The fourth-order valence-corrected chi connectivity index (χ4v) is 4.97. The van der Waals surface area contributed by atoms with Gasteiger partial charge in [-0.1, -0.05) is 29.3 Å². The first-order chi connectivity index (χ1) is 15.6. The summed E-state index contributed by atoms with van der Waals surface area (Å²) in [5.74, 6) is 0.409. The highest BCUT2D eigenvalue weighted by atomic mass is 35.5. The fourth-order valence-electron chi connectivity index (χ4n) is 3.26. The van der Waals surface area contributed by atoms with E-state index in [2.05, 4.69) is 5.32 Å². The topological polar surface area (TPSA) is 84.9 Å². The van der Waals surface area contributed by atoms with Crippen LogP contribution in [0.25, 0.3) is 0 Å². The molecule has 0 spiro atoms. The first kappa shape index (κ1) is 24.4. The van der Waals surface area contributed by atoms with E-state index in [-0.39, 0.29) is 4.90 Å². The molecular formula is C24H25ClN2O5S. The van der Waals surface area contributed by atoms with Crippen LogP contribution in [0, 0.1) is 13.8 Å². The molecule has 33 heavy (non-hydrogen) atoms. The van der Waals surface area contributed by atoms with Gasteiger partial charge in [-0.25, -0.2) is 8.42 Å². The zero-order chi connectivity index (χ0) is 24.2. The average molecular weight is 489 g/mol. The number of amides is 1. The molecule has 3 aromatic carbocycles. The van der Waals surface area contributed by atoms with Gasteiger partial charge in [0.15, 0.2) is 0 Å². The molecule has 0 heterocycles. The van der Waals surface area contributed by atoms with E-state index in [1.54, 1.807) is 55.5 Å². The average Bonchev–Trinajstić information content (AvgIpc) is 2.78. The molecule has 0 aliphatic heterocycles. The molecule has 0 unspecified atom stereocenters. The Morgan fingerprint density at radius 2 is 1.67 bits per heavy atom. The summed E-state index contributed by atoms with van der Waals surface area (Å²) in [5, 5.41) is 3.19. The van der Waals surface area contributed by atoms with Gasteiger partial charge in [-0.05, 0) is 61.9 Å². The SMILES string of the molecule is COc1ccc(NC(=O)CN(c2ccc(Cl)cc2C)S(=O)(=O)c2ccc(C)cc2)c(OC)c1. The van der Waals surface area contributed by atoms with Crippen LogP contribution in [-0.2, 0) is 14.8 Å². The van der Waals surface area contributed by atoms with Crippen molar-refractivity contribution in [3.8, 4) is 11.5 Å². The number of carbonyl (C=O) groups is 1. The van der Waals surface area contributed by atoms with Crippen molar-refractivity contribution >= 4 is 38.9 Å². The molecule has 1 amide bonds. The molecule has 174 valence electrons. The minimum absolute atomic E-state index is 0.0808. The van der Waals surface area contributed by atoms with E-state index < -0.39 is 22.5 Å². The summed E-state index contributed by atoms with van der Waals surface area (Å²) < 4.78 is 38.7. The second kappa shape index (κ2) is 10.1. The Labute approximate surface area is 198 Å². The first-order valence-electron chi connectivity index (χ1n) is 10.0. The van der Waals surface area contributed by atoms with Crippen LogP contribution in [0.4, 0.5) is 11.4 Å². The van der Waals surface area contributed by atoms with Gasteiger partial charge in [-0.2, -0.15) is 0 Å². The molecule has 0 saturated heterocycles. The van der Waals surface area contributed by atoms with E-state index in [4.69, 9.17) is 21.1 Å². The minimum atomic E-state index is -4.04. The molecule has 0 saturated carbocycles. The Bertz CT molecular complexity index is 1260. The molecule has 0 atom stereocenters. The lowest BCUT2D eigenvalue weighted by molar-refractivity contribution is -0.114. The van der Waals surface area contributed by atoms with Crippen molar-refractivity contribution in [1.29, 1.82) is 0 Å². The lowest BCUT2D eigenvalue weighted by atomic mass is 10.2. The lowest BCUT2D eigenvalue weighted by Gasteiger charge is -2.26. The standard InChI is InChI=1S/C24H25ClN2O5S/c1-16-5-9-20(10-6-16)33(29,30)27(22-12-7-18(25)13-17(22)2)15-24(28)26-21-11-8-19(31-3)14-23(21)32-4/h5-14H,15H2,1-4H3,(H,26,28). The molecule has 3 aromatic rings. The van der Waals surface area contributed by atoms with Crippen LogP contribution in [0.2, 0.25) is 5.02 Å². The van der Waals surface area contributed by atoms with Crippen molar-refractivity contribution in [3.05, 3.63) is 76.8 Å². The third-order valence-electron chi connectivity index (χ3n) is 5.01. The number of hydrogen-bond donors (Lipinski definition) is 1. The third kappa shape index (κ3) is 5.58. The monoisotopic (exact) mass is 488 g/mol. The Morgan fingerprint density at radius 1 is 0.970 bits per heavy atom. The van der Waals surface area contributed by atoms with Gasteiger partial charge in [-0.15, -0.1) is 0 Å². The summed E-state index contributed by atoms with van der Waals surface area (Å²) in [6, 6.07) is 16.2. The molecule has 0 aliphatic rings. The van der Waals surface area contributed by atoms with Crippen molar-refractivity contribution in [2.24, 2.45) is 0 Å². The Balaban J connectivity index is 1.98. The predicted molar refractivity (Wildman–Crippen MR) is 130 cm³/mol. The van der Waals surface area contributed by atoms with Gasteiger partial charge >= 0.3 is 0 Å². The highest BCUT2D eigenvalue weighted by Gasteiger charge is 2.28. The predicted octanol–water partition coefficient (Wildman–Crippen LogP) is 4.81. The largest absolute Gasteiger partial charge is 0.497 e. The van der Waals surface area contributed by atoms with Gasteiger partial charge in [0.25, 0.3) is 10.0 Å². The van der Waals surface area contributed by atoms with E-state index >= 15 is 0 Å². The summed E-state index contributed by atoms with van der Waals surface area (Å²) in [5.41, 5.74) is 2.29. The van der Waals surface area contributed by atoms with Crippen LogP contribution in [0.3, 0.4) is 0 Å². The number of methoxy groups -OCH3 is 2. The van der Waals surface area contributed by atoms with Gasteiger partial charge in [0, 0.05) is 11.1 Å². The number of ether oxygens (including phenoxy) is 2. The molecule has 0 radical (unpaired) electrons. The number of nitrogens with one attached hydrogen (secondary N) is 1. The van der Waals surface area contributed by atoms with Crippen molar-refractivity contribution in [2.45, 2.75) is 18.7 Å². The lowest BCUT2D eigenvalue weighted by Crippen LogP contribution is -2.38. The summed E-state index contributed by atoms with van der Waals surface area (Å²) >= 11 is 6.07. The first-order valence-corrected chi connectivity index (χ1v) is 11.8. The summed E-state index contributed by atoms with van der Waals surface area (Å²) in [4.78, 5) is 13.1. The molecule has 0 fully saturated rings. The molecule has 1 N–H and O–H groups in total. The number of hydrogen-bond acceptors (Lipinski definition) is 5. The van der Waals surface area contributed by atoms with Crippen molar-refractivity contribution in [1.82, 2.24) is 0 Å². The zero-order valence-electron chi connectivity index (χ0n) is 18.8. The van der Waals surface area contributed by atoms with Crippen molar-refractivity contribution in [2.75, 3.05) is 30.4 Å². The fraction of sp³-hybridized carbons (Fsp3) is 0.208. The second-order valence-corrected chi connectivity index (χ2v) is 9.67. The van der Waals surface area contributed by atoms with Crippen molar-refractivity contribution in [3.63, 3.8) is 0 Å². The smallest absolute Gasteiger partial charge is 0.264 e. The maximum atomic E-state index is 13.5. The highest BCUT2D eigenvalue weighted by molar-refractivity contribution is 7.92. The van der Waals surface area contributed by atoms with E-state index in [0.29, 0.717) is 33.5 Å². The van der Waals surface area contributed by atoms with Crippen LogP contribution in [0.1, 0.15) is 11.1 Å². The van der Waals surface area contributed by atoms with Gasteiger partial charge in [0.1, 0.15) is 18.0 Å². The number of nitrogens with zero attached hydrogens (tertiary/aromatic N) is 1. The van der Waals surface area contributed by atoms with E-state index in [9.17, 15) is 13.2 Å². The van der Waals surface area contributed by atoms with Crippen LogP contribution in [0.15, 0.2) is 65.6 Å². The van der Waals surface area contributed by atoms with E-state index in [1.165, 1.54) is 26.4 Å². The summed E-state index contributed by atoms with van der Waals surface area (Å²) in [6.45, 7) is 3.16. The van der Waals surface area contributed by atoms with Crippen LogP contribution in [-0.4, -0.2) is 35.1 Å². The Morgan fingerprint density at radius 3 is 2.27 bits per heavy atom. The maximum Gasteiger partial charge on any atom is 0.264 e. The zero-order valence-corrected chi connectivity index (χ0v) is 20.3. The Hall–Kier alpha value is -3.23. The van der Waals surface area contributed by atoms with Gasteiger partial charge < -0.3 is 14.8 Å².